The molecule has 0 fully saturated rings. The van der Waals surface area contributed by atoms with Crippen LogP contribution in [0.4, 0.5) is 5.69 Å². The first kappa shape index (κ1) is 23.8. The first-order valence-electron chi connectivity index (χ1n) is 12.2. The lowest BCUT2D eigenvalue weighted by Gasteiger charge is -2.29. The van der Waals surface area contributed by atoms with Gasteiger partial charge in [0.2, 0.25) is 5.96 Å². The minimum Gasteiger partial charge on any atom is -0.342 e. The van der Waals surface area contributed by atoms with Gasteiger partial charge in [0.15, 0.2) is 0 Å². The van der Waals surface area contributed by atoms with E-state index in [4.69, 9.17) is 4.99 Å². The quantitative estimate of drug-likeness (QED) is 0.271. The summed E-state index contributed by atoms with van der Waals surface area (Å²) in [4.78, 5) is 22.5. The van der Waals surface area contributed by atoms with Gasteiger partial charge in [-0.05, 0) is 36.6 Å². The Morgan fingerprint density at radius 3 is 1.91 bits per heavy atom. The lowest BCUT2D eigenvalue weighted by molar-refractivity contribution is -0.113. The highest BCUT2D eigenvalue weighted by atomic mass is 16.2. The fraction of sp³-hybridized carbons (Fsp3) is 0.429. The third kappa shape index (κ3) is 6.56. The van der Waals surface area contributed by atoms with Crippen LogP contribution in [0.2, 0.25) is 0 Å². The van der Waals surface area contributed by atoms with Crippen LogP contribution < -0.4 is 4.90 Å². The lowest BCUT2D eigenvalue weighted by Crippen LogP contribution is -2.45. The Kier molecular flexibility index (Phi) is 9.55. The van der Waals surface area contributed by atoms with Crippen molar-refractivity contribution in [2.75, 3.05) is 18.0 Å². The summed E-state index contributed by atoms with van der Waals surface area (Å²) in [5, 5.41) is 0. The first-order chi connectivity index (χ1) is 15.7. The van der Waals surface area contributed by atoms with E-state index in [0.717, 1.165) is 43.1 Å². The summed E-state index contributed by atoms with van der Waals surface area (Å²) in [6, 6.07) is 19.9. The van der Waals surface area contributed by atoms with Crippen LogP contribution in [-0.2, 0) is 4.79 Å². The second-order valence-electron chi connectivity index (χ2n) is 8.44. The van der Waals surface area contributed by atoms with Crippen LogP contribution in [-0.4, -0.2) is 29.9 Å². The van der Waals surface area contributed by atoms with Crippen molar-refractivity contribution in [3.63, 3.8) is 0 Å². The maximum atomic E-state index is 13.5. The number of guanidine groups is 1. The number of hydrogen-bond donors (Lipinski definition) is 0. The molecule has 0 aliphatic carbocycles. The Morgan fingerprint density at radius 1 is 0.781 bits per heavy atom. The summed E-state index contributed by atoms with van der Waals surface area (Å²) in [6.07, 6.45) is 11.5. The molecule has 0 N–H and O–H groups in total. The van der Waals surface area contributed by atoms with E-state index in [1.54, 1.807) is 4.90 Å². The van der Waals surface area contributed by atoms with Gasteiger partial charge in [-0.1, -0.05) is 101 Å². The molecule has 0 atom stereocenters. The monoisotopic (exact) mass is 431 g/mol. The number of aliphatic imine (C=N–C) groups is 1. The molecule has 1 heterocycles. The number of para-hydroxylation sites is 1. The Morgan fingerprint density at radius 2 is 1.34 bits per heavy atom. The van der Waals surface area contributed by atoms with E-state index in [1.165, 1.54) is 38.5 Å². The highest BCUT2D eigenvalue weighted by molar-refractivity contribution is 6.28. The Labute approximate surface area is 193 Å². The largest absolute Gasteiger partial charge is 0.342 e. The summed E-state index contributed by atoms with van der Waals surface area (Å²) in [5.74, 6) is 0.721. The summed E-state index contributed by atoms with van der Waals surface area (Å²) in [7, 11) is 0. The zero-order valence-corrected chi connectivity index (χ0v) is 19.7. The topological polar surface area (TPSA) is 35.9 Å². The van der Waals surface area contributed by atoms with Crippen molar-refractivity contribution in [2.45, 2.75) is 65.2 Å². The number of rotatable bonds is 12. The molecule has 0 aromatic heterocycles. The number of carbonyl (C=O) groups is 1. The Hall–Kier alpha value is -2.88. The summed E-state index contributed by atoms with van der Waals surface area (Å²) < 4.78 is 0. The molecule has 0 saturated carbocycles. The van der Waals surface area contributed by atoms with Crippen molar-refractivity contribution in [3.05, 3.63) is 71.9 Å². The molecule has 4 heteroatoms. The van der Waals surface area contributed by atoms with E-state index in [9.17, 15) is 4.79 Å². The summed E-state index contributed by atoms with van der Waals surface area (Å²) in [5.41, 5.74) is 2.37. The van der Waals surface area contributed by atoms with Gasteiger partial charge in [0.1, 0.15) is 5.70 Å². The minimum atomic E-state index is -0.0535. The normalized spacial score (nSPS) is 14.8. The SMILES string of the molecule is CCCCCCN(CCCCCC)C1=N/C(=C\c2ccccc2)C(=O)N1c1ccccc1. The van der Waals surface area contributed by atoms with Crippen LogP contribution in [0.25, 0.3) is 6.08 Å². The molecule has 1 aliphatic rings. The fourth-order valence-electron chi connectivity index (χ4n) is 4.00. The summed E-state index contributed by atoms with van der Waals surface area (Å²) in [6.45, 7) is 6.33. The van der Waals surface area contributed by atoms with Gasteiger partial charge >= 0.3 is 0 Å². The number of benzene rings is 2. The fourth-order valence-corrected chi connectivity index (χ4v) is 4.00. The minimum absolute atomic E-state index is 0.0535. The molecule has 3 rings (SSSR count). The highest BCUT2D eigenvalue weighted by Crippen LogP contribution is 2.27. The smallest absolute Gasteiger partial charge is 0.283 e. The second kappa shape index (κ2) is 12.8. The van der Waals surface area contributed by atoms with Crippen LogP contribution in [0.15, 0.2) is 71.4 Å². The third-order valence-corrected chi connectivity index (χ3v) is 5.81. The number of unbranched alkanes of at least 4 members (excludes halogenated alkanes) is 6. The van der Waals surface area contributed by atoms with Gasteiger partial charge in [0.25, 0.3) is 5.91 Å². The molecule has 0 saturated heterocycles. The molecule has 0 radical (unpaired) electrons. The number of amides is 1. The lowest BCUT2D eigenvalue weighted by atomic mass is 10.1. The number of nitrogens with zero attached hydrogens (tertiary/aromatic N) is 3. The molecule has 4 nitrogen and oxygen atoms in total. The Bertz CT molecular complexity index is 877. The average Bonchev–Trinajstić information content (AvgIpc) is 3.15. The molecule has 0 bridgehead atoms. The van der Waals surface area contributed by atoms with Crippen molar-refractivity contribution < 1.29 is 4.79 Å². The van der Waals surface area contributed by atoms with Crippen LogP contribution >= 0.6 is 0 Å². The van der Waals surface area contributed by atoms with Gasteiger partial charge in [-0.25, -0.2) is 9.89 Å². The van der Waals surface area contributed by atoms with Crippen molar-refractivity contribution in [2.24, 2.45) is 4.99 Å². The van der Waals surface area contributed by atoms with Gasteiger partial charge in [-0.3, -0.25) is 4.79 Å². The van der Waals surface area contributed by atoms with E-state index in [1.807, 2.05) is 66.7 Å². The number of anilines is 1. The number of hydrogen-bond acceptors (Lipinski definition) is 3. The van der Waals surface area contributed by atoms with E-state index in [2.05, 4.69) is 18.7 Å². The van der Waals surface area contributed by atoms with E-state index < -0.39 is 0 Å². The van der Waals surface area contributed by atoms with Crippen molar-refractivity contribution in [1.82, 2.24) is 4.90 Å². The number of carbonyl (C=O) groups excluding carboxylic acids is 1. The molecule has 0 spiro atoms. The van der Waals surface area contributed by atoms with Crippen LogP contribution in [0, 0.1) is 0 Å². The van der Waals surface area contributed by atoms with Gasteiger partial charge in [-0.2, -0.15) is 0 Å². The molecule has 2 aromatic rings. The zero-order chi connectivity index (χ0) is 22.6. The van der Waals surface area contributed by atoms with E-state index in [0.29, 0.717) is 5.70 Å². The molecule has 1 amide bonds. The maximum Gasteiger partial charge on any atom is 0.283 e. The molecule has 2 aromatic carbocycles. The van der Waals surface area contributed by atoms with E-state index in [-0.39, 0.29) is 5.91 Å². The predicted octanol–water partition coefficient (Wildman–Crippen LogP) is 6.89. The van der Waals surface area contributed by atoms with Crippen molar-refractivity contribution in [3.8, 4) is 0 Å². The first-order valence-corrected chi connectivity index (χ1v) is 12.2. The van der Waals surface area contributed by atoms with E-state index >= 15 is 0 Å². The second-order valence-corrected chi connectivity index (χ2v) is 8.44. The molecular formula is C28H37N3O. The summed E-state index contributed by atoms with van der Waals surface area (Å²) >= 11 is 0. The van der Waals surface area contributed by atoms with Gasteiger partial charge in [0.05, 0.1) is 5.69 Å². The maximum absolute atomic E-state index is 13.5. The van der Waals surface area contributed by atoms with Crippen LogP contribution in [0.1, 0.15) is 70.8 Å². The van der Waals surface area contributed by atoms with Gasteiger partial charge in [-0.15, -0.1) is 0 Å². The van der Waals surface area contributed by atoms with Crippen LogP contribution in [0.5, 0.6) is 0 Å². The molecule has 170 valence electrons. The molecule has 1 aliphatic heterocycles. The molecule has 0 unspecified atom stereocenters. The molecular weight excluding hydrogens is 394 g/mol. The van der Waals surface area contributed by atoms with Crippen molar-refractivity contribution in [1.29, 1.82) is 0 Å². The van der Waals surface area contributed by atoms with Gasteiger partial charge < -0.3 is 4.90 Å². The predicted molar refractivity (Wildman–Crippen MR) is 136 cm³/mol. The average molecular weight is 432 g/mol. The van der Waals surface area contributed by atoms with Crippen LogP contribution in [0.3, 0.4) is 0 Å². The highest BCUT2D eigenvalue weighted by Gasteiger charge is 2.34. The molecule has 32 heavy (non-hydrogen) atoms. The standard InChI is InChI=1S/C28H37N3O/c1-3-5-7-15-21-30(22-16-8-6-4-2)28-29-26(23-24-17-11-9-12-18-24)27(32)31(28)25-19-13-10-14-20-25/h9-14,17-20,23H,3-8,15-16,21-22H2,1-2H3/b26-23-. The Balaban J connectivity index is 1.91. The van der Waals surface area contributed by atoms with Gasteiger partial charge in [0, 0.05) is 13.1 Å². The third-order valence-electron chi connectivity index (χ3n) is 5.81. The zero-order valence-electron chi connectivity index (χ0n) is 19.7. The van der Waals surface area contributed by atoms with Crippen molar-refractivity contribution >= 4 is 23.6 Å².